The molecule has 1 aromatic rings. The minimum atomic E-state index is -1.59. The van der Waals surface area contributed by atoms with E-state index in [9.17, 15) is 29.3 Å². The van der Waals surface area contributed by atoms with Gasteiger partial charge in [-0.15, -0.1) is 0 Å². The van der Waals surface area contributed by atoms with Gasteiger partial charge in [0.05, 0.1) is 13.2 Å². The maximum atomic E-state index is 12.9. The average Bonchev–Trinajstić information content (AvgIpc) is 2.77. The number of benzene rings is 1. The monoisotopic (exact) mass is 426 g/mol. The Labute approximate surface area is 173 Å². The predicted molar refractivity (Wildman–Crippen MR) is 102 cm³/mol. The molecule has 1 aromatic carbocycles. The molecule has 166 valence electrons. The highest BCUT2D eigenvalue weighted by Crippen LogP contribution is 2.23. The molecule has 0 radical (unpaired) electrons. The first-order valence-electron chi connectivity index (χ1n) is 9.94. The summed E-state index contributed by atoms with van der Waals surface area (Å²) in [4.78, 5) is 26.3. The third-order valence-corrected chi connectivity index (χ3v) is 5.33. The molecule has 0 saturated carbocycles. The Morgan fingerprint density at radius 2 is 1.73 bits per heavy atom. The Balaban J connectivity index is 1.52. The number of aliphatic hydroxyl groups excluding tert-OH is 3. The Morgan fingerprint density at radius 3 is 2.40 bits per heavy atom. The molecule has 0 aliphatic carbocycles. The van der Waals surface area contributed by atoms with Gasteiger partial charge in [0.15, 0.2) is 6.10 Å². The van der Waals surface area contributed by atoms with Crippen molar-refractivity contribution in [2.45, 2.75) is 43.4 Å². The number of morpholine rings is 1. The van der Waals surface area contributed by atoms with Crippen molar-refractivity contribution < 1.29 is 38.8 Å². The number of amides is 2. The first kappa shape index (κ1) is 22.6. The Morgan fingerprint density at radius 1 is 1.07 bits per heavy atom. The molecule has 2 saturated heterocycles. The normalized spacial score (nSPS) is 29.5. The fourth-order valence-corrected chi connectivity index (χ4v) is 3.50. The summed E-state index contributed by atoms with van der Waals surface area (Å²) in [5.41, 5.74) is 0.801. The van der Waals surface area contributed by atoms with Crippen LogP contribution in [0.3, 0.4) is 0 Å². The lowest BCUT2D eigenvalue weighted by atomic mass is 9.94. The number of hydrogen-bond acceptors (Lipinski definition) is 7. The summed E-state index contributed by atoms with van der Waals surface area (Å²) in [6.07, 6.45) is -6.51. The molecule has 4 N–H and O–H groups in total. The SMILES string of the molecule is O=C(CCc1ccc(F)cc1)NC[C@@H]1O[C@H](C(=O)N2CCOCC2)[C@H](O)[C@H](O)[C@H]1O. The van der Waals surface area contributed by atoms with Crippen LogP contribution in [0.25, 0.3) is 0 Å². The molecule has 0 unspecified atom stereocenters. The zero-order valence-electron chi connectivity index (χ0n) is 16.4. The van der Waals surface area contributed by atoms with Crippen LogP contribution in [0.5, 0.6) is 0 Å². The Kier molecular flexibility index (Phi) is 7.73. The number of carbonyl (C=O) groups is 2. The fourth-order valence-electron chi connectivity index (χ4n) is 3.50. The van der Waals surface area contributed by atoms with Gasteiger partial charge in [-0.3, -0.25) is 9.59 Å². The van der Waals surface area contributed by atoms with Crippen molar-refractivity contribution in [3.8, 4) is 0 Å². The predicted octanol–water partition coefficient (Wildman–Crippen LogP) is -1.42. The lowest BCUT2D eigenvalue weighted by Crippen LogP contribution is -2.64. The van der Waals surface area contributed by atoms with Crippen LogP contribution in [0.2, 0.25) is 0 Å². The third-order valence-electron chi connectivity index (χ3n) is 5.33. The summed E-state index contributed by atoms with van der Waals surface area (Å²) in [5.74, 6) is -1.18. The molecule has 2 aliphatic rings. The molecule has 2 fully saturated rings. The van der Waals surface area contributed by atoms with Gasteiger partial charge >= 0.3 is 0 Å². The third kappa shape index (κ3) is 5.52. The lowest BCUT2D eigenvalue weighted by Gasteiger charge is -2.42. The smallest absolute Gasteiger partial charge is 0.254 e. The molecular weight excluding hydrogens is 399 g/mol. The van der Waals surface area contributed by atoms with Gasteiger partial charge in [-0.1, -0.05) is 12.1 Å². The number of nitrogens with one attached hydrogen (secondary N) is 1. The van der Waals surface area contributed by atoms with E-state index >= 15 is 0 Å². The first-order valence-corrected chi connectivity index (χ1v) is 9.94. The van der Waals surface area contributed by atoms with Crippen molar-refractivity contribution in [2.75, 3.05) is 32.8 Å². The summed E-state index contributed by atoms with van der Waals surface area (Å²) in [5, 5.41) is 33.2. The van der Waals surface area contributed by atoms with Crippen LogP contribution in [0.15, 0.2) is 24.3 Å². The Bertz CT molecular complexity index is 726. The van der Waals surface area contributed by atoms with Crippen LogP contribution in [-0.2, 0) is 25.5 Å². The molecule has 0 bridgehead atoms. The minimum absolute atomic E-state index is 0.135. The number of halogens is 1. The number of aliphatic hydroxyl groups is 3. The molecule has 9 nitrogen and oxygen atoms in total. The second-order valence-electron chi connectivity index (χ2n) is 7.44. The van der Waals surface area contributed by atoms with E-state index in [1.165, 1.54) is 17.0 Å². The average molecular weight is 426 g/mol. The van der Waals surface area contributed by atoms with Gasteiger partial charge in [0.25, 0.3) is 5.91 Å². The highest BCUT2D eigenvalue weighted by atomic mass is 19.1. The molecule has 2 heterocycles. The molecular formula is C20H27FN2O7. The first-order chi connectivity index (χ1) is 14.4. The van der Waals surface area contributed by atoms with Crippen LogP contribution < -0.4 is 5.32 Å². The zero-order chi connectivity index (χ0) is 21.7. The lowest BCUT2D eigenvalue weighted by molar-refractivity contribution is -0.224. The van der Waals surface area contributed by atoms with E-state index < -0.39 is 36.4 Å². The quantitative estimate of drug-likeness (QED) is 0.440. The summed E-state index contributed by atoms with van der Waals surface area (Å²) >= 11 is 0. The van der Waals surface area contributed by atoms with Gasteiger partial charge in [-0.2, -0.15) is 0 Å². The van der Waals surface area contributed by atoms with E-state index in [0.29, 0.717) is 32.7 Å². The molecule has 3 rings (SSSR count). The highest BCUT2D eigenvalue weighted by molar-refractivity contribution is 5.82. The van der Waals surface area contributed by atoms with Crippen molar-refractivity contribution >= 4 is 11.8 Å². The highest BCUT2D eigenvalue weighted by Gasteiger charge is 2.47. The van der Waals surface area contributed by atoms with Crippen LogP contribution >= 0.6 is 0 Å². The van der Waals surface area contributed by atoms with E-state index in [4.69, 9.17) is 9.47 Å². The van der Waals surface area contributed by atoms with Gasteiger partial charge < -0.3 is 35.0 Å². The molecule has 10 heteroatoms. The fraction of sp³-hybridized carbons (Fsp3) is 0.600. The van der Waals surface area contributed by atoms with E-state index in [1.54, 1.807) is 12.1 Å². The topological polar surface area (TPSA) is 129 Å². The molecule has 2 aliphatic heterocycles. The van der Waals surface area contributed by atoms with Gasteiger partial charge in [-0.25, -0.2) is 4.39 Å². The van der Waals surface area contributed by atoms with Crippen LogP contribution in [0.4, 0.5) is 4.39 Å². The summed E-state index contributed by atoms with van der Waals surface area (Å²) in [6.45, 7) is 1.28. The van der Waals surface area contributed by atoms with E-state index in [1.807, 2.05) is 0 Å². The van der Waals surface area contributed by atoms with E-state index in [-0.39, 0.29) is 24.7 Å². The molecule has 30 heavy (non-hydrogen) atoms. The summed E-state index contributed by atoms with van der Waals surface area (Å²) in [7, 11) is 0. The van der Waals surface area contributed by atoms with Crippen molar-refractivity contribution in [1.29, 1.82) is 0 Å². The number of rotatable bonds is 6. The van der Waals surface area contributed by atoms with Gasteiger partial charge in [0.1, 0.15) is 30.2 Å². The number of hydrogen-bond donors (Lipinski definition) is 4. The number of nitrogens with zero attached hydrogens (tertiary/aromatic N) is 1. The second-order valence-corrected chi connectivity index (χ2v) is 7.44. The van der Waals surface area contributed by atoms with Crippen LogP contribution in [-0.4, -0.2) is 95.4 Å². The molecule has 0 spiro atoms. The van der Waals surface area contributed by atoms with Crippen LogP contribution in [0.1, 0.15) is 12.0 Å². The van der Waals surface area contributed by atoms with Gasteiger partial charge in [-0.05, 0) is 24.1 Å². The number of aryl methyl sites for hydroxylation is 1. The van der Waals surface area contributed by atoms with Crippen molar-refractivity contribution in [2.24, 2.45) is 0 Å². The molecule has 5 atom stereocenters. The van der Waals surface area contributed by atoms with E-state index in [0.717, 1.165) is 5.56 Å². The largest absolute Gasteiger partial charge is 0.388 e. The second kappa shape index (κ2) is 10.3. The molecule has 2 amide bonds. The summed E-state index contributed by atoms with van der Waals surface area (Å²) < 4.78 is 23.7. The zero-order valence-corrected chi connectivity index (χ0v) is 16.4. The molecule has 0 aromatic heterocycles. The van der Waals surface area contributed by atoms with Crippen molar-refractivity contribution in [3.05, 3.63) is 35.6 Å². The van der Waals surface area contributed by atoms with E-state index in [2.05, 4.69) is 5.32 Å². The summed E-state index contributed by atoms with van der Waals surface area (Å²) in [6, 6.07) is 5.82. The number of carbonyl (C=O) groups excluding carboxylic acids is 2. The standard InChI is InChI=1S/C20H27FN2O7/c21-13-4-1-12(2-5-13)3-6-15(24)22-11-14-16(25)17(26)18(27)19(30-14)20(28)23-7-9-29-10-8-23/h1-2,4-5,14,16-19,25-27H,3,6-11H2,(H,22,24)/t14-,16-,17+,18+,19-/m0/s1. The van der Waals surface area contributed by atoms with Crippen LogP contribution in [0, 0.1) is 5.82 Å². The number of ether oxygens (including phenoxy) is 2. The Hall–Kier alpha value is -2.11. The van der Waals surface area contributed by atoms with Crippen molar-refractivity contribution in [1.82, 2.24) is 10.2 Å². The maximum Gasteiger partial charge on any atom is 0.254 e. The maximum absolute atomic E-state index is 12.9. The van der Waals surface area contributed by atoms with Gasteiger partial charge in [0.2, 0.25) is 5.91 Å². The van der Waals surface area contributed by atoms with Crippen molar-refractivity contribution in [3.63, 3.8) is 0 Å². The minimum Gasteiger partial charge on any atom is -0.388 e. The van der Waals surface area contributed by atoms with Gasteiger partial charge in [0, 0.05) is 26.1 Å².